The van der Waals surface area contributed by atoms with Crippen LogP contribution >= 0.6 is 0 Å². The van der Waals surface area contributed by atoms with Crippen LogP contribution in [0.1, 0.15) is 24.4 Å². The van der Waals surface area contributed by atoms with Gasteiger partial charge in [-0.3, -0.25) is 0 Å². The number of hydrogen-bond acceptors (Lipinski definition) is 4. The number of benzene rings is 2. The quantitative estimate of drug-likeness (QED) is 0.727. The Morgan fingerprint density at radius 2 is 2.00 bits per heavy atom. The Labute approximate surface area is 139 Å². The summed E-state index contributed by atoms with van der Waals surface area (Å²) >= 11 is 0. The SMILES string of the molecule is COc1ccccc1C1CCCN1c1ncnc2c(F)cccc12. The Morgan fingerprint density at radius 3 is 2.88 bits per heavy atom. The fraction of sp³-hybridized carbons (Fsp3) is 0.263. The molecule has 2 aromatic carbocycles. The average Bonchev–Trinajstić information content (AvgIpc) is 3.11. The van der Waals surface area contributed by atoms with E-state index in [1.54, 1.807) is 13.2 Å². The summed E-state index contributed by atoms with van der Waals surface area (Å²) in [6.07, 6.45) is 3.52. The van der Waals surface area contributed by atoms with E-state index in [4.69, 9.17) is 4.74 Å². The van der Waals surface area contributed by atoms with Gasteiger partial charge in [0, 0.05) is 17.5 Å². The van der Waals surface area contributed by atoms with E-state index in [0.717, 1.165) is 41.9 Å². The van der Waals surface area contributed by atoms with Crippen molar-refractivity contribution in [2.75, 3.05) is 18.6 Å². The van der Waals surface area contributed by atoms with E-state index in [9.17, 15) is 4.39 Å². The summed E-state index contributed by atoms with van der Waals surface area (Å²) in [7, 11) is 1.69. The largest absolute Gasteiger partial charge is 0.496 e. The van der Waals surface area contributed by atoms with Gasteiger partial charge in [-0.05, 0) is 31.0 Å². The first kappa shape index (κ1) is 14.9. The number of rotatable bonds is 3. The molecule has 4 rings (SSSR count). The maximum Gasteiger partial charge on any atom is 0.149 e. The Hall–Kier alpha value is -2.69. The predicted octanol–water partition coefficient (Wildman–Crippen LogP) is 4.12. The first-order chi connectivity index (χ1) is 11.8. The summed E-state index contributed by atoms with van der Waals surface area (Å²) in [6, 6.07) is 13.2. The smallest absolute Gasteiger partial charge is 0.149 e. The number of hydrogen-bond donors (Lipinski definition) is 0. The highest BCUT2D eigenvalue weighted by atomic mass is 19.1. The van der Waals surface area contributed by atoms with Gasteiger partial charge < -0.3 is 9.64 Å². The molecule has 122 valence electrons. The molecule has 1 saturated heterocycles. The molecule has 5 heteroatoms. The van der Waals surface area contributed by atoms with Crippen molar-refractivity contribution in [3.63, 3.8) is 0 Å². The van der Waals surface area contributed by atoms with Gasteiger partial charge in [0.25, 0.3) is 0 Å². The Bertz CT molecular complexity index is 883. The van der Waals surface area contributed by atoms with Crippen LogP contribution in [0.25, 0.3) is 10.9 Å². The van der Waals surface area contributed by atoms with Crippen molar-refractivity contribution in [1.82, 2.24) is 9.97 Å². The zero-order valence-corrected chi connectivity index (χ0v) is 13.4. The molecule has 0 saturated carbocycles. The van der Waals surface area contributed by atoms with E-state index in [-0.39, 0.29) is 11.9 Å². The van der Waals surface area contributed by atoms with Crippen LogP contribution in [-0.4, -0.2) is 23.6 Å². The van der Waals surface area contributed by atoms with Gasteiger partial charge >= 0.3 is 0 Å². The first-order valence-corrected chi connectivity index (χ1v) is 8.08. The number of nitrogens with zero attached hydrogens (tertiary/aromatic N) is 3. The molecule has 0 N–H and O–H groups in total. The van der Waals surface area contributed by atoms with Gasteiger partial charge in [-0.1, -0.05) is 24.3 Å². The van der Waals surface area contributed by atoms with Gasteiger partial charge in [-0.25, -0.2) is 14.4 Å². The summed E-state index contributed by atoms with van der Waals surface area (Å²) in [4.78, 5) is 10.8. The lowest BCUT2D eigenvalue weighted by molar-refractivity contribution is 0.405. The molecule has 2 heterocycles. The first-order valence-electron chi connectivity index (χ1n) is 8.08. The van der Waals surface area contributed by atoms with Crippen molar-refractivity contribution in [3.05, 3.63) is 60.2 Å². The van der Waals surface area contributed by atoms with E-state index >= 15 is 0 Å². The number of methoxy groups -OCH3 is 1. The van der Waals surface area contributed by atoms with E-state index in [1.807, 2.05) is 24.3 Å². The van der Waals surface area contributed by atoms with E-state index < -0.39 is 0 Å². The molecule has 1 aliphatic rings. The van der Waals surface area contributed by atoms with Crippen LogP contribution in [0.5, 0.6) is 5.75 Å². The third-order valence-corrected chi connectivity index (χ3v) is 4.62. The van der Waals surface area contributed by atoms with Crippen molar-refractivity contribution in [2.24, 2.45) is 0 Å². The van der Waals surface area contributed by atoms with Crippen LogP contribution in [0.4, 0.5) is 10.2 Å². The number of para-hydroxylation sites is 2. The molecule has 4 nitrogen and oxygen atoms in total. The van der Waals surface area contributed by atoms with Gasteiger partial charge in [0.2, 0.25) is 0 Å². The molecule has 1 fully saturated rings. The van der Waals surface area contributed by atoms with Gasteiger partial charge in [0.15, 0.2) is 0 Å². The summed E-state index contributed by atoms with van der Waals surface area (Å²) in [6.45, 7) is 0.880. The lowest BCUT2D eigenvalue weighted by Crippen LogP contribution is -2.24. The summed E-state index contributed by atoms with van der Waals surface area (Å²) in [5, 5.41) is 0.749. The molecule has 1 unspecified atom stereocenters. The molecule has 3 aromatic rings. The zero-order chi connectivity index (χ0) is 16.5. The predicted molar refractivity (Wildman–Crippen MR) is 91.8 cm³/mol. The summed E-state index contributed by atoms with van der Waals surface area (Å²) in [5.74, 6) is 1.34. The number of fused-ring (bicyclic) bond motifs is 1. The molecule has 0 amide bonds. The Kier molecular flexibility index (Phi) is 3.76. The maximum absolute atomic E-state index is 14.1. The second-order valence-electron chi connectivity index (χ2n) is 5.93. The van der Waals surface area contributed by atoms with Crippen LogP contribution in [0.15, 0.2) is 48.8 Å². The molecule has 24 heavy (non-hydrogen) atoms. The van der Waals surface area contributed by atoms with Crippen molar-refractivity contribution >= 4 is 16.7 Å². The molecule has 0 radical (unpaired) electrons. The van der Waals surface area contributed by atoms with Crippen LogP contribution in [0.3, 0.4) is 0 Å². The second-order valence-corrected chi connectivity index (χ2v) is 5.93. The third kappa shape index (κ3) is 2.37. The second kappa shape index (κ2) is 6.07. The summed E-state index contributed by atoms with van der Waals surface area (Å²) in [5.41, 5.74) is 1.51. The van der Waals surface area contributed by atoms with E-state index in [2.05, 4.69) is 20.9 Å². The zero-order valence-electron chi connectivity index (χ0n) is 13.4. The molecule has 0 bridgehead atoms. The highest BCUT2D eigenvalue weighted by Gasteiger charge is 2.30. The van der Waals surface area contributed by atoms with Crippen molar-refractivity contribution in [2.45, 2.75) is 18.9 Å². The minimum absolute atomic E-state index is 0.169. The lowest BCUT2D eigenvalue weighted by Gasteiger charge is -2.28. The Balaban J connectivity index is 1.83. The van der Waals surface area contributed by atoms with Crippen LogP contribution in [-0.2, 0) is 0 Å². The number of halogens is 1. The van der Waals surface area contributed by atoms with E-state index in [1.165, 1.54) is 12.4 Å². The van der Waals surface area contributed by atoms with Gasteiger partial charge in [0.05, 0.1) is 13.2 Å². The maximum atomic E-state index is 14.1. The minimum Gasteiger partial charge on any atom is -0.496 e. The molecule has 1 atom stereocenters. The molecule has 0 aliphatic carbocycles. The average molecular weight is 323 g/mol. The van der Waals surface area contributed by atoms with Crippen LogP contribution < -0.4 is 9.64 Å². The van der Waals surface area contributed by atoms with Crippen LogP contribution in [0.2, 0.25) is 0 Å². The number of anilines is 1. The number of aromatic nitrogens is 2. The minimum atomic E-state index is -0.316. The molecular weight excluding hydrogens is 305 g/mol. The molecule has 1 aromatic heterocycles. The highest BCUT2D eigenvalue weighted by molar-refractivity contribution is 5.90. The van der Waals surface area contributed by atoms with Crippen molar-refractivity contribution in [1.29, 1.82) is 0 Å². The lowest BCUT2D eigenvalue weighted by atomic mass is 10.0. The fourth-order valence-corrected chi connectivity index (χ4v) is 3.55. The Morgan fingerprint density at radius 1 is 1.12 bits per heavy atom. The van der Waals surface area contributed by atoms with Gasteiger partial charge in [0.1, 0.15) is 29.2 Å². The van der Waals surface area contributed by atoms with E-state index in [0.29, 0.717) is 5.52 Å². The molecule has 1 aliphatic heterocycles. The normalized spacial score (nSPS) is 17.4. The van der Waals surface area contributed by atoms with Gasteiger partial charge in [-0.15, -0.1) is 0 Å². The third-order valence-electron chi connectivity index (χ3n) is 4.62. The highest BCUT2D eigenvalue weighted by Crippen LogP contribution is 2.40. The van der Waals surface area contributed by atoms with Gasteiger partial charge in [-0.2, -0.15) is 0 Å². The standard InChI is InChI=1S/C19H18FN3O/c1-24-17-10-3-2-6-13(17)16-9-5-11-23(16)19-14-7-4-8-15(20)18(14)21-12-22-19/h2-4,6-8,10,12,16H,5,9,11H2,1H3. The molecular formula is C19H18FN3O. The fourth-order valence-electron chi connectivity index (χ4n) is 3.55. The van der Waals surface area contributed by atoms with Crippen molar-refractivity contribution in [3.8, 4) is 5.75 Å². The van der Waals surface area contributed by atoms with Crippen LogP contribution in [0, 0.1) is 5.82 Å². The number of ether oxygens (including phenoxy) is 1. The van der Waals surface area contributed by atoms with Crippen molar-refractivity contribution < 1.29 is 9.13 Å². The molecule has 0 spiro atoms. The summed E-state index contributed by atoms with van der Waals surface area (Å²) < 4.78 is 19.6. The topological polar surface area (TPSA) is 38.2 Å². The monoisotopic (exact) mass is 323 g/mol.